The van der Waals surface area contributed by atoms with Crippen molar-refractivity contribution >= 4 is 22.4 Å². The quantitative estimate of drug-likeness (QED) is 0.869. The van der Waals surface area contributed by atoms with Crippen molar-refractivity contribution in [2.45, 2.75) is 17.5 Å². The first-order valence-electron chi connectivity index (χ1n) is 6.87. The van der Waals surface area contributed by atoms with E-state index in [0.717, 1.165) is 18.5 Å². The molecule has 2 aromatic rings. The van der Waals surface area contributed by atoms with Gasteiger partial charge in [0.2, 0.25) is 0 Å². The molecule has 1 aliphatic rings. The second-order valence-electron chi connectivity index (χ2n) is 5.10. The van der Waals surface area contributed by atoms with Crippen LogP contribution in [-0.2, 0) is 23.5 Å². The molecule has 0 aliphatic carbocycles. The summed E-state index contributed by atoms with van der Waals surface area (Å²) in [5, 5.41) is 7.43. The summed E-state index contributed by atoms with van der Waals surface area (Å²) in [4.78, 5) is 0. The maximum absolute atomic E-state index is 12.3. The third-order valence-electron chi connectivity index (χ3n) is 3.74. The van der Waals surface area contributed by atoms with Crippen molar-refractivity contribution in [3.05, 3.63) is 47.7 Å². The molecule has 0 saturated heterocycles. The van der Waals surface area contributed by atoms with Gasteiger partial charge in [-0.2, -0.15) is 5.10 Å². The van der Waals surface area contributed by atoms with Crippen molar-refractivity contribution in [1.82, 2.24) is 19.8 Å². The number of nitrogens with one attached hydrogen (secondary N) is 2. The Hall–Kier alpha value is -1.41. The molecule has 2 heterocycles. The van der Waals surface area contributed by atoms with E-state index >= 15 is 0 Å². The number of benzene rings is 1. The lowest BCUT2D eigenvalue weighted by Gasteiger charge is -2.27. The van der Waals surface area contributed by atoms with Crippen molar-refractivity contribution in [2.24, 2.45) is 7.05 Å². The number of nitrogens with zero attached hydrogens (tertiary/aromatic N) is 2. The minimum absolute atomic E-state index is 0. The van der Waals surface area contributed by atoms with Gasteiger partial charge in [-0.05, 0) is 30.2 Å². The van der Waals surface area contributed by atoms with Crippen LogP contribution in [0.25, 0.3) is 0 Å². The molecule has 1 aromatic heterocycles. The number of hydrogen-bond acceptors (Lipinski definition) is 4. The molecule has 1 atom stereocenters. The molecule has 0 fully saturated rings. The predicted octanol–water partition coefficient (Wildman–Crippen LogP) is 1.01. The average molecular weight is 343 g/mol. The predicted molar refractivity (Wildman–Crippen MR) is 86.5 cm³/mol. The summed E-state index contributed by atoms with van der Waals surface area (Å²) in [5.74, 6) is 0. The SMILES string of the molecule is Cl.Cn1nccc1S(=O)(=O)NCC1NCCc2ccccc21. The minimum atomic E-state index is -3.54. The highest BCUT2D eigenvalue weighted by Crippen LogP contribution is 2.22. The Kier molecular flexibility index (Phi) is 5.23. The van der Waals surface area contributed by atoms with Gasteiger partial charge in [-0.15, -0.1) is 12.4 Å². The van der Waals surface area contributed by atoms with Gasteiger partial charge in [0.1, 0.15) is 0 Å². The molecule has 0 spiro atoms. The van der Waals surface area contributed by atoms with E-state index in [0.29, 0.717) is 6.54 Å². The van der Waals surface area contributed by atoms with Gasteiger partial charge in [0.15, 0.2) is 5.03 Å². The van der Waals surface area contributed by atoms with Crippen LogP contribution in [0.15, 0.2) is 41.6 Å². The second-order valence-corrected chi connectivity index (χ2v) is 6.81. The molecule has 0 bridgehead atoms. The zero-order valence-electron chi connectivity index (χ0n) is 12.2. The van der Waals surface area contributed by atoms with Gasteiger partial charge in [-0.1, -0.05) is 24.3 Å². The molecule has 22 heavy (non-hydrogen) atoms. The Morgan fingerprint density at radius 2 is 2.14 bits per heavy atom. The lowest BCUT2D eigenvalue weighted by Crippen LogP contribution is -2.39. The summed E-state index contributed by atoms with van der Waals surface area (Å²) in [5.41, 5.74) is 2.44. The van der Waals surface area contributed by atoms with Gasteiger partial charge in [-0.25, -0.2) is 13.1 Å². The first-order valence-corrected chi connectivity index (χ1v) is 8.35. The summed E-state index contributed by atoms with van der Waals surface area (Å²) in [7, 11) is -1.93. The van der Waals surface area contributed by atoms with E-state index in [1.807, 2.05) is 18.2 Å². The van der Waals surface area contributed by atoms with Gasteiger partial charge in [0, 0.05) is 19.6 Å². The summed E-state index contributed by atoms with van der Waals surface area (Å²) >= 11 is 0. The maximum atomic E-state index is 12.3. The van der Waals surface area contributed by atoms with Crippen LogP contribution in [0.4, 0.5) is 0 Å². The molecule has 8 heteroatoms. The Morgan fingerprint density at radius 1 is 1.36 bits per heavy atom. The molecular weight excluding hydrogens is 324 g/mol. The molecule has 120 valence electrons. The fourth-order valence-electron chi connectivity index (χ4n) is 2.67. The van der Waals surface area contributed by atoms with Crippen LogP contribution in [-0.4, -0.2) is 31.3 Å². The number of aryl methyl sites for hydroxylation is 1. The highest BCUT2D eigenvalue weighted by Gasteiger charge is 2.23. The third-order valence-corrected chi connectivity index (χ3v) is 5.24. The van der Waals surface area contributed by atoms with Crippen molar-refractivity contribution in [2.75, 3.05) is 13.1 Å². The van der Waals surface area contributed by atoms with Crippen LogP contribution in [0.1, 0.15) is 17.2 Å². The van der Waals surface area contributed by atoms with E-state index in [2.05, 4.69) is 21.2 Å². The van der Waals surface area contributed by atoms with Crippen LogP contribution in [0.5, 0.6) is 0 Å². The van der Waals surface area contributed by atoms with Crippen molar-refractivity contribution < 1.29 is 8.42 Å². The Bertz CT molecular complexity index is 745. The fraction of sp³-hybridized carbons (Fsp3) is 0.357. The molecule has 1 aromatic carbocycles. The van der Waals surface area contributed by atoms with Gasteiger partial charge < -0.3 is 5.32 Å². The molecule has 6 nitrogen and oxygen atoms in total. The van der Waals surface area contributed by atoms with Crippen LogP contribution < -0.4 is 10.0 Å². The fourth-order valence-corrected chi connectivity index (χ4v) is 3.84. The van der Waals surface area contributed by atoms with E-state index in [4.69, 9.17) is 0 Å². The van der Waals surface area contributed by atoms with Crippen LogP contribution in [0.2, 0.25) is 0 Å². The molecule has 3 rings (SSSR count). The van der Waals surface area contributed by atoms with Crippen molar-refractivity contribution in [1.29, 1.82) is 0 Å². The molecule has 1 unspecified atom stereocenters. The van der Waals surface area contributed by atoms with E-state index in [-0.39, 0.29) is 23.5 Å². The summed E-state index contributed by atoms with van der Waals surface area (Å²) in [6.45, 7) is 1.18. The van der Waals surface area contributed by atoms with Gasteiger partial charge >= 0.3 is 0 Å². The van der Waals surface area contributed by atoms with E-state index < -0.39 is 10.0 Å². The molecular formula is C14H19ClN4O2S. The average Bonchev–Trinajstić information content (AvgIpc) is 2.92. The lowest BCUT2D eigenvalue weighted by atomic mass is 9.95. The monoisotopic (exact) mass is 342 g/mol. The smallest absolute Gasteiger partial charge is 0.257 e. The van der Waals surface area contributed by atoms with Crippen molar-refractivity contribution in [3.63, 3.8) is 0 Å². The summed E-state index contributed by atoms with van der Waals surface area (Å²) < 4.78 is 28.6. The molecule has 0 saturated carbocycles. The lowest BCUT2D eigenvalue weighted by molar-refractivity contribution is 0.489. The van der Waals surface area contributed by atoms with E-state index in [9.17, 15) is 8.42 Å². The number of hydrogen-bond donors (Lipinski definition) is 2. The normalized spacial score (nSPS) is 17.6. The highest BCUT2D eigenvalue weighted by molar-refractivity contribution is 7.89. The van der Waals surface area contributed by atoms with Crippen LogP contribution >= 0.6 is 12.4 Å². The number of sulfonamides is 1. The topological polar surface area (TPSA) is 76.0 Å². The largest absolute Gasteiger partial charge is 0.308 e. The zero-order valence-corrected chi connectivity index (χ0v) is 13.8. The van der Waals surface area contributed by atoms with Gasteiger partial charge in [0.25, 0.3) is 10.0 Å². The molecule has 1 aliphatic heterocycles. The highest BCUT2D eigenvalue weighted by atomic mass is 35.5. The number of aromatic nitrogens is 2. The zero-order chi connectivity index (χ0) is 14.9. The second kappa shape index (κ2) is 6.78. The van der Waals surface area contributed by atoms with E-state index in [1.165, 1.54) is 22.5 Å². The summed E-state index contributed by atoms with van der Waals surface area (Å²) in [6, 6.07) is 9.63. The first-order chi connectivity index (χ1) is 10.1. The third kappa shape index (κ3) is 3.33. The van der Waals surface area contributed by atoms with Gasteiger partial charge in [0.05, 0.1) is 6.20 Å². The number of fused-ring (bicyclic) bond motifs is 1. The maximum Gasteiger partial charge on any atom is 0.257 e. The molecule has 2 N–H and O–H groups in total. The minimum Gasteiger partial charge on any atom is -0.308 e. The van der Waals surface area contributed by atoms with Crippen LogP contribution in [0.3, 0.4) is 0 Å². The Morgan fingerprint density at radius 3 is 2.86 bits per heavy atom. The Balaban J connectivity index is 0.00000176. The number of halogens is 1. The Labute approximate surface area is 136 Å². The first kappa shape index (κ1) is 17.0. The van der Waals surface area contributed by atoms with Crippen molar-refractivity contribution in [3.8, 4) is 0 Å². The van der Waals surface area contributed by atoms with E-state index in [1.54, 1.807) is 7.05 Å². The number of rotatable bonds is 4. The summed E-state index contributed by atoms with van der Waals surface area (Å²) in [6.07, 6.45) is 2.45. The molecule has 0 amide bonds. The van der Waals surface area contributed by atoms with Crippen LogP contribution in [0, 0.1) is 0 Å². The molecule has 0 radical (unpaired) electrons. The standard InChI is InChI=1S/C14H18N4O2S.ClH/c1-18-14(7-9-16-18)21(19,20)17-10-13-12-5-3-2-4-11(12)6-8-15-13;/h2-5,7,9,13,15,17H,6,8,10H2,1H3;1H. The van der Waals surface area contributed by atoms with Gasteiger partial charge in [-0.3, -0.25) is 4.68 Å².